The normalized spacial score (nSPS) is 10.4. The van der Waals surface area contributed by atoms with Crippen molar-refractivity contribution in [2.45, 2.75) is 6.92 Å². The third-order valence-corrected chi connectivity index (χ3v) is 3.64. The minimum absolute atomic E-state index is 0.396. The van der Waals surface area contributed by atoms with Crippen molar-refractivity contribution in [1.29, 1.82) is 0 Å². The fourth-order valence-corrected chi connectivity index (χ4v) is 2.31. The van der Waals surface area contributed by atoms with Crippen LogP contribution < -0.4 is 25.0 Å². The molecule has 2 amide bonds. The van der Waals surface area contributed by atoms with Gasteiger partial charge < -0.3 is 19.5 Å². The van der Waals surface area contributed by atoms with Gasteiger partial charge in [-0.3, -0.25) is 9.59 Å². The topological polar surface area (TPSA) is 98.2 Å². The van der Waals surface area contributed by atoms with Crippen LogP contribution in [-0.2, 0) is 9.59 Å². The fraction of sp³-hybridized carbons (Fsp3) is 0.211. The van der Waals surface area contributed by atoms with Crippen LogP contribution in [0.25, 0.3) is 0 Å². The van der Waals surface area contributed by atoms with Gasteiger partial charge in [0.05, 0.1) is 38.8 Å². The average molecular weight is 371 g/mol. The number of methoxy groups -OCH3 is 3. The molecule has 0 atom stereocenters. The number of carbonyl (C=O) groups excluding carboxylic acids is 2. The lowest BCUT2D eigenvalue weighted by molar-refractivity contribution is -0.136. The van der Waals surface area contributed by atoms with Crippen molar-refractivity contribution in [3.05, 3.63) is 47.5 Å². The minimum Gasteiger partial charge on any atom is -0.496 e. The summed E-state index contributed by atoms with van der Waals surface area (Å²) >= 11 is 0. The molecule has 0 heterocycles. The molecule has 8 nitrogen and oxygen atoms in total. The van der Waals surface area contributed by atoms with E-state index in [0.29, 0.717) is 28.5 Å². The summed E-state index contributed by atoms with van der Waals surface area (Å²) in [5.74, 6) is -0.321. The number of carbonyl (C=O) groups is 2. The molecule has 0 aliphatic heterocycles. The van der Waals surface area contributed by atoms with E-state index in [1.807, 2.05) is 13.0 Å². The number of anilines is 1. The number of ether oxygens (including phenoxy) is 3. The zero-order valence-corrected chi connectivity index (χ0v) is 15.5. The molecule has 0 radical (unpaired) electrons. The summed E-state index contributed by atoms with van der Waals surface area (Å²) in [5, 5.41) is 6.30. The van der Waals surface area contributed by atoms with Crippen molar-refractivity contribution in [3.8, 4) is 17.2 Å². The Kier molecular flexibility index (Phi) is 6.76. The second-order valence-electron chi connectivity index (χ2n) is 5.43. The molecule has 0 bridgehead atoms. The number of hydrogen-bond acceptors (Lipinski definition) is 6. The van der Waals surface area contributed by atoms with E-state index in [-0.39, 0.29) is 0 Å². The molecule has 2 rings (SSSR count). The summed E-state index contributed by atoms with van der Waals surface area (Å²) in [6.45, 7) is 1.86. The number of aryl methyl sites for hydroxylation is 1. The molecule has 0 saturated carbocycles. The maximum Gasteiger partial charge on any atom is 0.329 e. The van der Waals surface area contributed by atoms with Crippen LogP contribution in [0.4, 0.5) is 5.69 Å². The molecule has 8 heteroatoms. The number of amides is 2. The number of rotatable bonds is 6. The van der Waals surface area contributed by atoms with Gasteiger partial charge in [-0.2, -0.15) is 5.10 Å². The molecule has 2 aromatic rings. The van der Waals surface area contributed by atoms with Crippen LogP contribution in [0.3, 0.4) is 0 Å². The third kappa shape index (κ3) is 4.97. The number of benzene rings is 2. The van der Waals surface area contributed by atoms with Crippen molar-refractivity contribution < 1.29 is 23.8 Å². The van der Waals surface area contributed by atoms with Gasteiger partial charge in [0, 0.05) is 0 Å². The third-order valence-electron chi connectivity index (χ3n) is 3.64. The largest absolute Gasteiger partial charge is 0.496 e. The standard InChI is InChI=1S/C19H21N3O5/c1-12-8-9-17(27-4)14(10-12)21-18(23)19(24)22-20-11-13-15(25-2)6-5-7-16(13)26-3/h5-11H,1-4H3,(H,21,23)(H,22,24)/b20-11-. The first-order valence-electron chi connectivity index (χ1n) is 8.00. The van der Waals surface area contributed by atoms with E-state index in [9.17, 15) is 9.59 Å². The van der Waals surface area contributed by atoms with Gasteiger partial charge in [0.25, 0.3) is 0 Å². The summed E-state index contributed by atoms with van der Waals surface area (Å²) in [7, 11) is 4.49. The quantitative estimate of drug-likeness (QED) is 0.460. The number of hydrogen-bond donors (Lipinski definition) is 2. The van der Waals surface area contributed by atoms with Crippen LogP contribution in [0.15, 0.2) is 41.5 Å². The highest BCUT2D eigenvalue weighted by atomic mass is 16.5. The fourth-order valence-electron chi connectivity index (χ4n) is 2.31. The first kappa shape index (κ1) is 19.8. The molecule has 142 valence electrons. The van der Waals surface area contributed by atoms with Crippen LogP contribution in [0.5, 0.6) is 17.2 Å². The van der Waals surface area contributed by atoms with Crippen LogP contribution in [0, 0.1) is 6.92 Å². The molecule has 27 heavy (non-hydrogen) atoms. The molecule has 0 aliphatic rings. The Labute approximate surface area is 157 Å². The monoisotopic (exact) mass is 371 g/mol. The lowest BCUT2D eigenvalue weighted by Gasteiger charge is -2.10. The predicted molar refractivity (Wildman–Crippen MR) is 102 cm³/mol. The van der Waals surface area contributed by atoms with E-state index in [2.05, 4.69) is 15.8 Å². The minimum atomic E-state index is -0.927. The maximum atomic E-state index is 12.1. The van der Waals surface area contributed by atoms with Gasteiger partial charge in [-0.05, 0) is 36.8 Å². The van der Waals surface area contributed by atoms with Crippen LogP contribution in [0.1, 0.15) is 11.1 Å². The SMILES string of the molecule is COc1ccc(C)cc1NC(=O)C(=O)N/N=C\c1c(OC)cccc1OC. The average Bonchev–Trinajstić information content (AvgIpc) is 2.67. The highest BCUT2D eigenvalue weighted by Crippen LogP contribution is 2.26. The van der Waals surface area contributed by atoms with E-state index < -0.39 is 11.8 Å². The Balaban J connectivity index is 2.07. The molecule has 0 unspecified atom stereocenters. The van der Waals surface area contributed by atoms with E-state index in [4.69, 9.17) is 14.2 Å². The summed E-state index contributed by atoms with van der Waals surface area (Å²) in [5.41, 5.74) is 4.01. The Hall–Kier alpha value is -3.55. The summed E-state index contributed by atoms with van der Waals surface area (Å²) < 4.78 is 15.6. The van der Waals surface area contributed by atoms with Gasteiger partial charge in [0.1, 0.15) is 17.2 Å². The molecule has 0 saturated heterocycles. The van der Waals surface area contributed by atoms with E-state index in [0.717, 1.165) is 5.56 Å². The highest BCUT2D eigenvalue weighted by Gasteiger charge is 2.16. The lowest BCUT2D eigenvalue weighted by atomic mass is 10.2. The molecular weight excluding hydrogens is 350 g/mol. The van der Waals surface area contributed by atoms with Gasteiger partial charge in [-0.25, -0.2) is 5.43 Å². The molecule has 0 spiro atoms. The smallest absolute Gasteiger partial charge is 0.329 e. The Morgan fingerprint density at radius 2 is 1.56 bits per heavy atom. The second-order valence-corrected chi connectivity index (χ2v) is 5.43. The van der Waals surface area contributed by atoms with E-state index >= 15 is 0 Å². The van der Waals surface area contributed by atoms with Gasteiger partial charge in [-0.1, -0.05) is 12.1 Å². The van der Waals surface area contributed by atoms with Gasteiger partial charge in [-0.15, -0.1) is 0 Å². The zero-order valence-electron chi connectivity index (χ0n) is 15.5. The number of nitrogens with one attached hydrogen (secondary N) is 2. The van der Waals surface area contributed by atoms with Gasteiger partial charge in [0.2, 0.25) is 0 Å². The zero-order chi connectivity index (χ0) is 19.8. The van der Waals surface area contributed by atoms with Crippen LogP contribution >= 0.6 is 0 Å². The van der Waals surface area contributed by atoms with Crippen LogP contribution in [-0.4, -0.2) is 39.4 Å². The van der Waals surface area contributed by atoms with Crippen molar-refractivity contribution in [1.82, 2.24) is 5.43 Å². The van der Waals surface area contributed by atoms with Gasteiger partial charge >= 0.3 is 11.8 Å². The lowest BCUT2D eigenvalue weighted by Crippen LogP contribution is -2.32. The van der Waals surface area contributed by atoms with E-state index in [1.54, 1.807) is 30.3 Å². The highest BCUT2D eigenvalue weighted by molar-refractivity contribution is 6.39. The summed E-state index contributed by atoms with van der Waals surface area (Å²) in [6, 6.07) is 10.4. The molecular formula is C19H21N3O5. The van der Waals surface area contributed by atoms with Gasteiger partial charge in [0.15, 0.2) is 0 Å². The van der Waals surface area contributed by atoms with Crippen LogP contribution in [0.2, 0.25) is 0 Å². The van der Waals surface area contributed by atoms with Crippen molar-refractivity contribution in [2.24, 2.45) is 5.10 Å². The molecule has 0 fully saturated rings. The number of hydrazone groups is 1. The maximum absolute atomic E-state index is 12.1. The molecule has 2 aromatic carbocycles. The Morgan fingerprint density at radius 1 is 0.926 bits per heavy atom. The van der Waals surface area contributed by atoms with E-state index in [1.165, 1.54) is 27.5 Å². The second kappa shape index (κ2) is 9.23. The van der Waals surface area contributed by atoms with Crippen molar-refractivity contribution in [3.63, 3.8) is 0 Å². The molecule has 2 N–H and O–H groups in total. The number of nitrogens with zero attached hydrogens (tertiary/aromatic N) is 1. The predicted octanol–water partition coefficient (Wildman–Crippen LogP) is 2.11. The summed E-state index contributed by atoms with van der Waals surface area (Å²) in [4.78, 5) is 24.1. The first-order valence-corrected chi connectivity index (χ1v) is 8.00. The summed E-state index contributed by atoms with van der Waals surface area (Å²) in [6.07, 6.45) is 1.34. The molecule has 0 aromatic heterocycles. The van der Waals surface area contributed by atoms with Crippen molar-refractivity contribution >= 4 is 23.7 Å². The first-order chi connectivity index (χ1) is 13.0. The Bertz CT molecular complexity index is 842. The van der Waals surface area contributed by atoms with Crippen molar-refractivity contribution in [2.75, 3.05) is 26.6 Å². The Morgan fingerprint density at radius 3 is 2.15 bits per heavy atom. The molecule has 0 aliphatic carbocycles.